The van der Waals surface area contributed by atoms with Crippen LogP contribution in [0.2, 0.25) is 0 Å². The molecule has 1 aromatic rings. The summed E-state index contributed by atoms with van der Waals surface area (Å²) in [6, 6.07) is 0. The molecule has 1 heterocycles. The van der Waals surface area contributed by atoms with Gasteiger partial charge in [0, 0.05) is 17.8 Å². The standard InChI is InChI=1S/C12H18N2O6S/c1-4-20-9(15)5-6-13-21(18,19)11-7(2)10(12(16)17)14-8(11)3/h13-14H,4-6H2,1-3H3,(H,16,17). The number of carbonyl (C=O) groups excluding carboxylic acids is 1. The minimum Gasteiger partial charge on any atom is -0.477 e. The smallest absolute Gasteiger partial charge is 0.352 e. The van der Waals surface area contributed by atoms with Crippen LogP contribution in [0.25, 0.3) is 0 Å². The first-order chi connectivity index (χ1) is 9.70. The molecule has 21 heavy (non-hydrogen) atoms. The van der Waals surface area contributed by atoms with Crippen molar-refractivity contribution in [3.63, 3.8) is 0 Å². The third kappa shape index (κ3) is 4.05. The van der Waals surface area contributed by atoms with Gasteiger partial charge in [0.25, 0.3) is 0 Å². The maximum atomic E-state index is 12.2. The van der Waals surface area contributed by atoms with Crippen LogP contribution in [-0.2, 0) is 19.6 Å². The van der Waals surface area contributed by atoms with Crippen molar-refractivity contribution in [3.05, 3.63) is 17.0 Å². The first-order valence-corrected chi connectivity index (χ1v) is 7.76. The summed E-state index contributed by atoms with van der Waals surface area (Å²) < 4.78 is 31.3. The van der Waals surface area contributed by atoms with Crippen molar-refractivity contribution in [2.24, 2.45) is 0 Å². The number of nitrogens with one attached hydrogen (secondary N) is 2. The molecule has 1 rings (SSSR count). The summed E-state index contributed by atoms with van der Waals surface area (Å²) in [4.78, 5) is 24.6. The monoisotopic (exact) mass is 318 g/mol. The normalized spacial score (nSPS) is 11.4. The molecule has 0 atom stereocenters. The van der Waals surface area contributed by atoms with Gasteiger partial charge in [-0.15, -0.1) is 0 Å². The van der Waals surface area contributed by atoms with Crippen LogP contribution in [0.4, 0.5) is 0 Å². The van der Waals surface area contributed by atoms with Crippen molar-refractivity contribution in [1.82, 2.24) is 9.71 Å². The van der Waals surface area contributed by atoms with E-state index >= 15 is 0 Å². The fourth-order valence-corrected chi connectivity index (χ4v) is 3.42. The number of sulfonamides is 1. The molecule has 0 fully saturated rings. The maximum Gasteiger partial charge on any atom is 0.352 e. The minimum atomic E-state index is -3.90. The van der Waals surface area contributed by atoms with E-state index in [4.69, 9.17) is 5.11 Å². The number of rotatable bonds is 7. The van der Waals surface area contributed by atoms with Crippen LogP contribution in [0.5, 0.6) is 0 Å². The Morgan fingerprint density at radius 2 is 1.95 bits per heavy atom. The molecule has 0 unspecified atom stereocenters. The number of carbonyl (C=O) groups is 2. The Kier molecular flexibility index (Phi) is 5.50. The van der Waals surface area contributed by atoms with Crippen LogP contribution < -0.4 is 4.72 Å². The van der Waals surface area contributed by atoms with Gasteiger partial charge < -0.3 is 14.8 Å². The van der Waals surface area contributed by atoms with E-state index in [-0.39, 0.29) is 41.4 Å². The minimum absolute atomic E-state index is 0.0959. The van der Waals surface area contributed by atoms with Crippen molar-refractivity contribution >= 4 is 22.0 Å². The van der Waals surface area contributed by atoms with Crippen LogP contribution in [0.3, 0.4) is 0 Å². The molecule has 8 nitrogen and oxygen atoms in total. The van der Waals surface area contributed by atoms with Crippen LogP contribution >= 0.6 is 0 Å². The highest BCUT2D eigenvalue weighted by molar-refractivity contribution is 7.89. The number of esters is 1. The molecular weight excluding hydrogens is 300 g/mol. The fourth-order valence-electron chi connectivity index (χ4n) is 1.94. The third-order valence-electron chi connectivity index (χ3n) is 2.78. The zero-order valence-corrected chi connectivity index (χ0v) is 12.8. The van der Waals surface area contributed by atoms with Crippen molar-refractivity contribution in [2.45, 2.75) is 32.1 Å². The van der Waals surface area contributed by atoms with Gasteiger partial charge in [-0.05, 0) is 20.8 Å². The van der Waals surface area contributed by atoms with Crippen LogP contribution in [-0.4, -0.2) is 43.6 Å². The molecule has 3 N–H and O–H groups in total. The fraction of sp³-hybridized carbons (Fsp3) is 0.500. The van der Waals surface area contributed by atoms with Crippen molar-refractivity contribution in [3.8, 4) is 0 Å². The Morgan fingerprint density at radius 3 is 2.43 bits per heavy atom. The van der Waals surface area contributed by atoms with Gasteiger partial charge >= 0.3 is 11.9 Å². The predicted molar refractivity (Wildman–Crippen MR) is 73.7 cm³/mol. The lowest BCUT2D eigenvalue weighted by Crippen LogP contribution is -2.27. The summed E-state index contributed by atoms with van der Waals surface area (Å²) in [6.07, 6.45) is -0.0959. The first kappa shape index (κ1) is 17.2. The summed E-state index contributed by atoms with van der Waals surface area (Å²) in [6.45, 7) is 4.64. The number of hydrogen-bond acceptors (Lipinski definition) is 5. The van der Waals surface area contributed by atoms with Gasteiger partial charge in [-0.3, -0.25) is 4.79 Å². The topological polar surface area (TPSA) is 126 Å². The van der Waals surface area contributed by atoms with Gasteiger partial charge in [-0.1, -0.05) is 0 Å². The van der Waals surface area contributed by atoms with Crippen molar-refractivity contribution < 1.29 is 27.9 Å². The van der Waals surface area contributed by atoms with E-state index in [1.54, 1.807) is 6.92 Å². The summed E-state index contributed by atoms with van der Waals surface area (Å²) in [5.41, 5.74) is 0.190. The van der Waals surface area contributed by atoms with E-state index in [1.165, 1.54) is 13.8 Å². The van der Waals surface area contributed by atoms with Crippen LogP contribution in [0.1, 0.15) is 35.1 Å². The van der Waals surface area contributed by atoms with E-state index in [1.807, 2.05) is 0 Å². The quantitative estimate of drug-likeness (QED) is 0.631. The van der Waals surface area contributed by atoms with Crippen molar-refractivity contribution in [2.75, 3.05) is 13.2 Å². The highest BCUT2D eigenvalue weighted by Gasteiger charge is 2.26. The SMILES string of the molecule is CCOC(=O)CCNS(=O)(=O)c1c(C)[nH]c(C(=O)O)c1C. The number of ether oxygens (including phenoxy) is 1. The lowest BCUT2D eigenvalue weighted by molar-refractivity contribution is -0.142. The second kappa shape index (κ2) is 6.72. The molecule has 9 heteroatoms. The highest BCUT2D eigenvalue weighted by Crippen LogP contribution is 2.22. The lowest BCUT2D eigenvalue weighted by Gasteiger charge is -2.07. The molecule has 0 aliphatic carbocycles. The zero-order valence-electron chi connectivity index (χ0n) is 12.0. The third-order valence-corrected chi connectivity index (χ3v) is 4.51. The van der Waals surface area contributed by atoms with Gasteiger partial charge in [0.15, 0.2) is 0 Å². The average molecular weight is 318 g/mol. The highest BCUT2D eigenvalue weighted by atomic mass is 32.2. The largest absolute Gasteiger partial charge is 0.477 e. The molecule has 0 spiro atoms. The molecule has 0 aromatic carbocycles. The molecule has 0 aliphatic rings. The van der Waals surface area contributed by atoms with E-state index < -0.39 is 22.0 Å². The van der Waals surface area contributed by atoms with E-state index in [0.717, 1.165) is 0 Å². The Hall–Kier alpha value is -1.87. The Bertz CT molecular complexity index is 647. The second-order valence-electron chi connectivity index (χ2n) is 4.34. The molecule has 0 bridgehead atoms. The molecule has 0 radical (unpaired) electrons. The van der Waals surface area contributed by atoms with Crippen LogP contribution in [0.15, 0.2) is 4.90 Å². The number of aryl methyl sites for hydroxylation is 1. The van der Waals surface area contributed by atoms with E-state index in [9.17, 15) is 18.0 Å². The Labute approximate surface area is 122 Å². The number of aromatic carboxylic acids is 1. The lowest BCUT2D eigenvalue weighted by atomic mass is 10.2. The molecule has 0 aliphatic heterocycles. The first-order valence-electron chi connectivity index (χ1n) is 6.28. The summed E-state index contributed by atoms with van der Waals surface area (Å²) in [7, 11) is -3.90. The maximum absolute atomic E-state index is 12.2. The second-order valence-corrected chi connectivity index (χ2v) is 6.04. The summed E-state index contributed by atoms with van der Waals surface area (Å²) in [5, 5.41) is 8.97. The summed E-state index contributed by atoms with van der Waals surface area (Å²) >= 11 is 0. The molecular formula is C12H18N2O6S. The summed E-state index contributed by atoms with van der Waals surface area (Å²) in [5.74, 6) is -1.74. The number of carboxylic acid groups (broad SMARTS) is 1. The molecule has 0 amide bonds. The van der Waals surface area contributed by atoms with E-state index in [0.29, 0.717) is 0 Å². The zero-order chi connectivity index (χ0) is 16.2. The van der Waals surface area contributed by atoms with Gasteiger partial charge in [0.05, 0.1) is 13.0 Å². The molecule has 0 saturated carbocycles. The number of aromatic nitrogens is 1. The number of carboxylic acids is 1. The van der Waals surface area contributed by atoms with Gasteiger partial charge in [-0.2, -0.15) is 0 Å². The van der Waals surface area contributed by atoms with Gasteiger partial charge in [0.2, 0.25) is 10.0 Å². The van der Waals surface area contributed by atoms with E-state index in [2.05, 4.69) is 14.4 Å². The predicted octanol–water partition coefficient (Wildman–Crippen LogP) is 0.561. The van der Waals surface area contributed by atoms with Crippen molar-refractivity contribution in [1.29, 1.82) is 0 Å². The van der Waals surface area contributed by atoms with Gasteiger partial charge in [0.1, 0.15) is 10.6 Å². The molecule has 0 saturated heterocycles. The van der Waals surface area contributed by atoms with Gasteiger partial charge in [-0.25, -0.2) is 17.9 Å². The number of hydrogen-bond donors (Lipinski definition) is 3. The molecule has 1 aromatic heterocycles. The molecule has 118 valence electrons. The Morgan fingerprint density at radius 1 is 1.33 bits per heavy atom. The number of aromatic amines is 1. The Balaban J connectivity index is 2.89. The average Bonchev–Trinajstić information content (AvgIpc) is 2.65. The number of H-pyrrole nitrogens is 1. The van der Waals surface area contributed by atoms with Crippen LogP contribution in [0, 0.1) is 13.8 Å².